The first-order valence-corrected chi connectivity index (χ1v) is 12.7. The maximum atomic E-state index is 13.1. The zero-order valence-corrected chi connectivity index (χ0v) is 21.1. The number of nitrogens with one attached hydrogen (secondary N) is 2. The molecule has 0 spiro atoms. The molecule has 5 nitrogen and oxygen atoms in total. The molecule has 0 aliphatic heterocycles. The number of carbonyl (C=O) groups excluding carboxylic acids is 1. The molecule has 2 aromatic heterocycles. The van der Waals surface area contributed by atoms with Crippen LogP contribution in [0.3, 0.4) is 0 Å². The van der Waals surface area contributed by atoms with Gasteiger partial charge in [-0.25, -0.2) is 0 Å². The summed E-state index contributed by atoms with van der Waals surface area (Å²) >= 11 is 6.34. The number of hydrogen-bond acceptors (Lipinski definition) is 3. The Hall–Kier alpha value is -4.09. The Labute approximate surface area is 221 Å². The molecule has 0 saturated carbocycles. The number of benzene rings is 3. The number of fused-ring (bicyclic) bond motifs is 1. The van der Waals surface area contributed by atoms with E-state index in [1.54, 1.807) is 6.20 Å². The topological polar surface area (TPSA) is 67.0 Å². The Bertz CT molecular complexity index is 1470. The molecular formula is C31H28ClN3O2. The highest BCUT2D eigenvalue weighted by molar-refractivity contribution is 6.31. The van der Waals surface area contributed by atoms with Gasteiger partial charge < -0.3 is 15.0 Å². The second-order valence-corrected chi connectivity index (χ2v) is 9.39. The number of hydrogen-bond donors (Lipinski definition) is 2. The van der Waals surface area contributed by atoms with Crippen molar-refractivity contribution < 1.29 is 9.53 Å². The lowest BCUT2D eigenvalue weighted by molar-refractivity contribution is -0.121. The molecule has 0 bridgehead atoms. The van der Waals surface area contributed by atoms with Gasteiger partial charge in [-0.15, -0.1) is 0 Å². The fraction of sp³-hybridized carbons (Fsp3) is 0.161. The molecule has 6 heteroatoms. The largest absolute Gasteiger partial charge is 0.489 e. The zero-order chi connectivity index (χ0) is 25.5. The normalized spacial score (nSPS) is 11.8. The highest BCUT2D eigenvalue weighted by Gasteiger charge is 2.22. The number of amides is 1. The Morgan fingerprint density at radius 3 is 2.68 bits per heavy atom. The van der Waals surface area contributed by atoms with Crippen LogP contribution in [-0.4, -0.2) is 22.4 Å². The van der Waals surface area contributed by atoms with Crippen LogP contribution in [-0.2, 0) is 17.8 Å². The second kappa shape index (κ2) is 11.8. The molecule has 5 rings (SSSR count). The van der Waals surface area contributed by atoms with Gasteiger partial charge in [0.2, 0.25) is 5.91 Å². The van der Waals surface area contributed by atoms with Gasteiger partial charge in [-0.1, -0.05) is 60.1 Å². The summed E-state index contributed by atoms with van der Waals surface area (Å²) in [4.78, 5) is 20.8. The third-order valence-electron chi connectivity index (χ3n) is 6.38. The lowest BCUT2D eigenvalue weighted by atomic mass is 9.88. The van der Waals surface area contributed by atoms with E-state index in [1.807, 2.05) is 97.2 Å². The lowest BCUT2D eigenvalue weighted by Crippen LogP contribution is -2.27. The maximum Gasteiger partial charge on any atom is 0.220 e. The SMILES string of the molecule is O=C(CC(c1cccc(OCc2ccccc2)c1)c1c[nH]c2ccc(Cl)cc12)NCCc1ccccn1. The molecule has 1 unspecified atom stereocenters. The Balaban J connectivity index is 1.37. The van der Waals surface area contributed by atoms with Crippen molar-refractivity contribution in [1.82, 2.24) is 15.3 Å². The lowest BCUT2D eigenvalue weighted by Gasteiger charge is -2.18. The van der Waals surface area contributed by atoms with Gasteiger partial charge in [0.15, 0.2) is 0 Å². The summed E-state index contributed by atoms with van der Waals surface area (Å²) in [5.74, 6) is 0.565. The number of pyridine rings is 1. The smallest absolute Gasteiger partial charge is 0.220 e. The number of aromatic amines is 1. The van der Waals surface area contributed by atoms with E-state index in [0.717, 1.165) is 39.0 Å². The van der Waals surface area contributed by atoms with E-state index in [2.05, 4.69) is 15.3 Å². The molecular weight excluding hydrogens is 482 g/mol. The van der Waals surface area contributed by atoms with E-state index in [1.165, 1.54) is 0 Å². The van der Waals surface area contributed by atoms with Crippen molar-refractivity contribution in [2.24, 2.45) is 0 Å². The summed E-state index contributed by atoms with van der Waals surface area (Å²) in [7, 11) is 0. The van der Waals surface area contributed by atoms with Crippen LogP contribution in [0.1, 0.15) is 34.7 Å². The molecule has 0 aliphatic rings. The van der Waals surface area contributed by atoms with Crippen molar-refractivity contribution in [1.29, 1.82) is 0 Å². The molecule has 3 aromatic carbocycles. The van der Waals surface area contributed by atoms with Gasteiger partial charge in [0.05, 0.1) is 0 Å². The van der Waals surface area contributed by atoms with Crippen LogP contribution >= 0.6 is 11.6 Å². The number of aromatic nitrogens is 2. The first-order chi connectivity index (χ1) is 18.2. The summed E-state index contributed by atoms with van der Waals surface area (Å²) in [6.07, 6.45) is 4.72. The third-order valence-corrected chi connectivity index (χ3v) is 6.61. The molecule has 5 aromatic rings. The van der Waals surface area contributed by atoms with Gasteiger partial charge in [-0.3, -0.25) is 9.78 Å². The molecule has 0 saturated heterocycles. The average Bonchev–Trinajstić information content (AvgIpc) is 3.34. The Morgan fingerprint density at radius 2 is 1.84 bits per heavy atom. The van der Waals surface area contributed by atoms with Crippen LogP contribution in [0.4, 0.5) is 0 Å². The Morgan fingerprint density at radius 1 is 0.973 bits per heavy atom. The monoisotopic (exact) mass is 509 g/mol. The highest BCUT2D eigenvalue weighted by atomic mass is 35.5. The minimum Gasteiger partial charge on any atom is -0.489 e. The molecule has 1 amide bonds. The van der Waals surface area contributed by atoms with E-state index < -0.39 is 0 Å². The van der Waals surface area contributed by atoms with E-state index in [9.17, 15) is 4.79 Å². The average molecular weight is 510 g/mol. The fourth-order valence-electron chi connectivity index (χ4n) is 4.51. The first kappa shape index (κ1) is 24.6. The Kier molecular flexibility index (Phi) is 7.82. The molecule has 186 valence electrons. The van der Waals surface area contributed by atoms with E-state index in [4.69, 9.17) is 16.3 Å². The number of carbonyl (C=O) groups is 1. The van der Waals surface area contributed by atoms with Crippen LogP contribution in [0.2, 0.25) is 5.02 Å². The number of ether oxygens (including phenoxy) is 1. The molecule has 0 aliphatic carbocycles. The summed E-state index contributed by atoms with van der Waals surface area (Å²) < 4.78 is 6.09. The van der Waals surface area contributed by atoms with Crippen LogP contribution in [0, 0.1) is 0 Å². The highest BCUT2D eigenvalue weighted by Crippen LogP contribution is 2.36. The van der Waals surface area contributed by atoms with Crippen molar-refractivity contribution >= 4 is 28.4 Å². The molecule has 37 heavy (non-hydrogen) atoms. The molecule has 2 heterocycles. The molecule has 2 N–H and O–H groups in total. The minimum atomic E-state index is -0.178. The predicted octanol–water partition coefficient (Wildman–Crippen LogP) is 6.68. The predicted molar refractivity (Wildman–Crippen MR) is 148 cm³/mol. The summed E-state index contributed by atoms with van der Waals surface area (Å²) in [5, 5.41) is 4.74. The van der Waals surface area contributed by atoms with Crippen LogP contribution in [0.15, 0.2) is 103 Å². The van der Waals surface area contributed by atoms with Crippen molar-refractivity contribution in [2.45, 2.75) is 25.4 Å². The summed E-state index contributed by atoms with van der Waals surface area (Å²) in [5.41, 5.74) is 5.07. The van der Waals surface area contributed by atoms with Gasteiger partial charge in [0.25, 0.3) is 0 Å². The first-order valence-electron chi connectivity index (χ1n) is 12.4. The quantitative estimate of drug-likeness (QED) is 0.221. The molecule has 1 atom stereocenters. The maximum absolute atomic E-state index is 13.1. The van der Waals surface area contributed by atoms with Gasteiger partial charge in [0.1, 0.15) is 12.4 Å². The number of halogens is 1. The van der Waals surface area contributed by atoms with Crippen molar-refractivity contribution in [3.8, 4) is 5.75 Å². The van der Waals surface area contributed by atoms with Crippen LogP contribution in [0.5, 0.6) is 5.75 Å². The zero-order valence-electron chi connectivity index (χ0n) is 20.4. The van der Waals surface area contributed by atoms with Gasteiger partial charge in [-0.2, -0.15) is 0 Å². The summed E-state index contributed by atoms with van der Waals surface area (Å²) in [6, 6.07) is 29.6. The van der Waals surface area contributed by atoms with Gasteiger partial charge in [-0.05, 0) is 59.2 Å². The fourth-order valence-corrected chi connectivity index (χ4v) is 4.68. The van der Waals surface area contributed by atoms with Gasteiger partial charge >= 0.3 is 0 Å². The minimum absolute atomic E-state index is 0.0204. The van der Waals surface area contributed by atoms with E-state index in [0.29, 0.717) is 31.0 Å². The van der Waals surface area contributed by atoms with E-state index in [-0.39, 0.29) is 11.8 Å². The van der Waals surface area contributed by atoms with E-state index >= 15 is 0 Å². The van der Waals surface area contributed by atoms with Crippen molar-refractivity contribution in [2.75, 3.05) is 6.54 Å². The summed E-state index contributed by atoms with van der Waals surface area (Å²) in [6.45, 7) is 1.01. The van der Waals surface area contributed by atoms with Crippen molar-refractivity contribution in [3.05, 3.63) is 131 Å². The molecule has 0 fully saturated rings. The number of H-pyrrole nitrogens is 1. The van der Waals surface area contributed by atoms with Crippen LogP contribution < -0.4 is 10.1 Å². The second-order valence-electron chi connectivity index (χ2n) is 8.96. The van der Waals surface area contributed by atoms with Crippen molar-refractivity contribution in [3.63, 3.8) is 0 Å². The number of rotatable bonds is 10. The standard InChI is InChI=1S/C31H28ClN3O2/c32-24-12-13-30-28(18-24)29(20-35-30)27(19-31(36)34-16-14-25-10-4-5-15-33-25)23-9-6-11-26(17-23)37-21-22-7-2-1-3-8-22/h1-13,15,17-18,20,27,35H,14,16,19,21H2,(H,34,36). The van der Waals surface area contributed by atoms with Crippen LogP contribution in [0.25, 0.3) is 10.9 Å². The third kappa shape index (κ3) is 6.38. The van der Waals surface area contributed by atoms with Gasteiger partial charge in [0, 0.05) is 59.3 Å². The molecule has 0 radical (unpaired) electrons. The number of nitrogens with zero attached hydrogens (tertiary/aromatic N) is 1.